The van der Waals surface area contributed by atoms with Crippen LogP contribution in [0.15, 0.2) is 29.0 Å². The molecule has 0 bridgehead atoms. The first kappa shape index (κ1) is 11.1. The van der Waals surface area contributed by atoms with Crippen molar-refractivity contribution in [2.24, 2.45) is 0 Å². The van der Waals surface area contributed by atoms with E-state index >= 15 is 0 Å². The minimum absolute atomic E-state index is 0.555. The molecule has 0 spiro atoms. The summed E-state index contributed by atoms with van der Waals surface area (Å²) >= 11 is 3.25. The van der Waals surface area contributed by atoms with E-state index in [-0.39, 0.29) is 0 Å². The fraction of sp³-hybridized carbons (Fsp3) is 0.167. The van der Waals surface area contributed by atoms with Gasteiger partial charge in [0, 0.05) is 6.20 Å². The zero-order valence-electron chi connectivity index (χ0n) is 9.07. The Bertz CT molecular complexity index is 526. The maximum Gasteiger partial charge on any atom is 0.154 e. The van der Waals surface area contributed by atoms with Gasteiger partial charge in [0.15, 0.2) is 6.29 Å². The fourth-order valence-corrected chi connectivity index (χ4v) is 2.03. The number of rotatable bonds is 2. The van der Waals surface area contributed by atoms with Crippen LogP contribution < -0.4 is 0 Å². The molecule has 16 heavy (non-hydrogen) atoms. The number of carbonyl (C=O) groups excluding carboxylic acids is 1. The second kappa shape index (κ2) is 4.22. The lowest BCUT2D eigenvalue weighted by Gasteiger charge is -2.04. The van der Waals surface area contributed by atoms with Crippen molar-refractivity contribution in [3.63, 3.8) is 0 Å². The number of aldehydes is 1. The molecule has 82 valence electrons. The van der Waals surface area contributed by atoms with Gasteiger partial charge in [-0.1, -0.05) is 6.07 Å². The number of aromatic nitrogens is 2. The minimum Gasteiger partial charge on any atom is -0.298 e. The highest BCUT2D eigenvalue weighted by molar-refractivity contribution is 9.10. The lowest BCUT2D eigenvalue weighted by molar-refractivity contribution is 0.112. The lowest BCUT2D eigenvalue weighted by atomic mass is 10.1. The number of hydrogen-bond acceptors (Lipinski definition) is 2. The van der Waals surface area contributed by atoms with E-state index in [2.05, 4.69) is 27.1 Å². The predicted molar refractivity (Wildman–Crippen MR) is 66.1 cm³/mol. The maximum absolute atomic E-state index is 10.7. The number of carbonyl (C=O) groups is 1. The molecule has 0 saturated carbocycles. The van der Waals surface area contributed by atoms with Gasteiger partial charge in [0.05, 0.1) is 11.3 Å². The molecular formula is C12H11BrN2O. The molecule has 0 aliphatic carbocycles. The van der Waals surface area contributed by atoms with E-state index in [1.165, 1.54) is 11.1 Å². The molecule has 4 heteroatoms. The van der Waals surface area contributed by atoms with Crippen molar-refractivity contribution < 1.29 is 4.79 Å². The first-order valence-corrected chi connectivity index (χ1v) is 5.68. The van der Waals surface area contributed by atoms with Crippen LogP contribution in [-0.2, 0) is 0 Å². The molecule has 0 N–H and O–H groups in total. The molecule has 0 fully saturated rings. The number of benzene rings is 1. The van der Waals surface area contributed by atoms with Crippen LogP contribution in [0, 0.1) is 13.8 Å². The fourth-order valence-electron chi connectivity index (χ4n) is 1.66. The Kier molecular flexibility index (Phi) is 2.92. The molecule has 0 unspecified atom stereocenters. The highest BCUT2D eigenvalue weighted by atomic mass is 79.9. The monoisotopic (exact) mass is 278 g/mol. The number of hydrogen-bond donors (Lipinski definition) is 0. The Morgan fingerprint density at radius 2 is 1.88 bits per heavy atom. The summed E-state index contributed by atoms with van der Waals surface area (Å²) in [5.41, 5.74) is 3.87. The molecule has 0 atom stereocenters. The number of aryl methyl sites for hydroxylation is 2. The van der Waals surface area contributed by atoms with E-state index in [9.17, 15) is 4.79 Å². The summed E-state index contributed by atoms with van der Waals surface area (Å²) in [4.78, 5) is 10.7. The molecule has 0 amide bonds. The highest BCUT2D eigenvalue weighted by Crippen LogP contribution is 2.17. The highest BCUT2D eigenvalue weighted by Gasteiger charge is 2.06. The van der Waals surface area contributed by atoms with E-state index in [0.29, 0.717) is 10.2 Å². The molecule has 0 aliphatic heterocycles. The smallest absolute Gasteiger partial charge is 0.154 e. The molecule has 0 aliphatic rings. The second-order valence-corrected chi connectivity index (χ2v) is 4.53. The van der Waals surface area contributed by atoms with Crippen LogP contribution in [0.1, 0.15) is 21.5 Å². The van der Waals surface area contributed by atoms with Crippen molar-refractivity contribution in [3.8, 4) is 5.69 Å². The van der Waals surface area contributed by atoms with Crippen LogP contribution >= 0.6 is 15.9 Å². The Labute approximate surface area is 102 Å². The Morgan fingerprint density at radius 3 is 2.38 bits per heavy atom. The van der Waals surface area contributed by atoms with Crippen LogP contribution in [0.25, 0.3) is 5.69 Å². The molecule has 2 aromatic rings. The van der Waals surface area contributed by atoms with Gasteiger partial charge in [-0.25, -0.2) is 4.68 Å². The average Bonchev–Trinajstić information content (AvgIpc) is 2.58. The molecule has 3 nitrogen and oxygen atoms in total. The van der Waals surface area contributed by atoms with E-state index in [0.717, 1.165) is 12.0 Å². The topological polar surface area (TPSA) is 34.9 Å². The molecule has 1 aromatic heterocycles. The second-order valence-electron chi connectivity index (χ2n) is 3.78. The van der Waals surface area contributed by atoms with E-state index in [1.54, 1.807) is 10.9 Å². The molecule has 0 saturated heterocycles. The summed E-state index contributed by atoms with van der Waals surface area (Å²) in [7, 11) is 0. The Hall–Kier alpha value is -1.42. The van der Waals surface area contributed by atoms with Crippen molar-refractivity contribution in [2.75, 3.05) is 0 Å². The summed E-state index contributed by atoms with van der Waals surface area (Å²) in [5, 5.41) is 4.24. The van der Waals surface area contributed by atoms with Gasteiger partial charge < -0.3 is 0 Å². The van der Waals surface area contributed by atoms with Gasteiger partial charge in [-0.15, -0.1) is 0 Å². The van der Waals surface area contributed by atoms with E-state index < -0.39 is 0 Å². The van der Waals surface area contributed by atoms with Crippen molar-refractivity contribution in [2.45, 2.75) is 13.8 Å². The molecular weight excluding hydrogens is 268 g/mol. The van der Waals surface area contributed by atoms with Gasteiger partial charge >= 0.3 is 0 Å². The predicted octanol–water partition coefficient (Wildman–Crippen LogP) is 3.06. The molecule has 2 rings (SSSR count). The third-order valence-electron chi connectivity index (χ3n) is 2.29. The molecule has 1 heterocycles. The average molecular weight is 279 g/mol. The van der Waals surface area contributed by atoms with Gasteiger partial charge in [-0.3, -0.25) is 4.79 Å². The number of nitrogens with zero attached hydrogens (tertiary/aromatic N) is 2. The minimum atomic E-state index is 0.555. The van der Waals surface area contributed by atoms with Gasteiger partial charge in [-0.2, -0.15) is 5.10 Å². The summed E-state index contributed by atoms with van der Waals surface area (Å²) in [6, 6.07) is 6.16. The van der Waals surface area contributed by atoms with Crippen LogP contribution in [0.3, 0.4) is 0 Å². The van der Waals surface area contributed by atoms with E-state index in [1.807, 2.05) is 26.0 Å². The zero-order chi connectivity index (χ0) is 11.7. The summed E-state index contributed by atoms with van der Waals surface area (Å²) < 4.78 is 2.27. The third kappa shape index (κ3) is 2.07. The summed E-state index contributed by atoms with van der Waals surface area (Å²) in [6.07, 6.45) is 2.50. The van der Waals surface area contributed by atoms with E-state index in [4.69, 9.17) is 0 Å². The Balaban J connectivity index is 2.53. The number of halogens is 1. The van der Waals surface area contributed by atoms with Crippen molar-refractivity contribution >= 4 is 22.2 Å². The summed E-state index contributed by atoms with van der Waals surface area (Å²) in [6.45, 7) is 4.07. The van der Waals surface area contributed by atoms with Crippen LogP contribution in [-0.4, -0.2) is 16.1 Å². The first-order valence-electron chi connectivity index (χ1n) is 4.89. The van der Waals surface area contributed by atoms with Crippen molar-refractivity contribution in [3.05, 3.63) is 45.7 Å². The molecule has 1 aromatic carbocycles. The van der Waals surface area contributed by atoms with Crippen LogP contribution in [0.5, 0.6) is 0 Å². The third-order valence-corrected chi connectivity index (χ3v) is 2.91. The van der Waals surface area contributed by atoms with Gasteiger partial charge in [0.25, 0.3) is 0 Å². The van der Waals surface area contributed by atoms with Crippen LogP contribution in [0.4, 0.5) is 0 Å². The SMILES string of the molecule is Cc1cc(C)cc(-n2cc(C=O)c(Br)n2)c1. The normalized spacial score (nSPS) is 10.4. The quantitative estimate of drug-likeness (QED) is 0.792. The van der Waals surface area contributed by atoms with Crippen molar-refractivity contribution in [1.82, 2.24) is 9.78 Å². The van der Waals surface area contributed by atoms with Gasteiger partial charge in [0.1, 0.15) is 4.60 Å². The molecule has 0 radical (unpaired) electrons. The van der Waals surface area contributed by atoms with Gasteiger partial charge in [0.2, 0.25) is 0 Å². The zero-order valence-corrected chi connectivity index (χ0v) is 10.7. The standard InChI is InChI=1S/C12H11BrN2O/c1-8-3-9(2)5-11(4-8)15-6-10(7-16)12(13)14-15/h3-7H,1-2H3. The van der Waals surface area contributed by atoms with Gasteiger partial charge in [-0.05, 0) is 53.0 Å². The van der Waals surface area contributed by atoms with Crippen LogP contribution in [0.2, 0.25) is 0 Å². The lowest BCUT2D eigenvalue weighted by Crippen LogP contribution is -1.95. The maximum atomic E-state index is 10.7. The largest absolute Gasteiger partial charge is 0.298 e. The Morgan fingerprint density at radius 1 is 1.25 bits per heavy atom. The first-order chi connectivity index (χ1) is 7.60. The van der Waals surface area contributed by atoms with Crippen molar-refractivity contribution in [1.29, 1.82) is 0 Å². The summed E-state index contributed by atoms with van der Waals surface area (Å²) in [5.74, 6) is 0.